The molecular formula is C10H13ClO3. The van der Waals surface area contributed by atoms with Crippen molar-refractivity contribution in [1.82, 2.24) is 0 Å². The summed E-state index contributed by atoms with van der Waals surface area (Å²) in [6.07, 6.45) is -0.623. The van der Waals surface area contributed by atoms with Crippen LogP contribution < -0.4 is 9.47 Å². The smallest absolute Gasteiger partial charge is 0.162 e. The van der Waals surface area contributed by atoms with Gasteiger partial charge in [-0.25, -0.2) is 0 Å². The average molecular weight is 217 g/mol. The number of methoxy groups -OCH3 is 2. The van der Waals surface area contributed by atoms with Crippen LogP contribution in [0.4, 0.5) is 0 Å². The van der Waals surface area contributed by atoms with Crippen LogP contribution in [0.3, 0.4) is 0 Å². The van der Waals surface area contributed by atoms with Crippen LogP contribution in [0, 0.1) is 0 Å². The highest BCUT2D eigenvalue weighted by atomic mass is 35.5. The maximum atomic E-state index is 9.41. The minimum atomic E-state index is -0.623. The Morgan fingerprint density at radius 1 is 1.21 bits per heavy atom. The Morgan fingerprint density at radius 2 is 1.71 bits per heavy atom. The molecule has 14 heavy (non-hydrogen) atoms. The molecule has 0 bridgehead atoms. The van der Waals surface area contributed by atoms with E-state index in [4.69, 9.17) is 21.1 Å². The van der Waals surface area contributed by atoms with Crippen LogP contribution in [-0.4, -0.2) is 19.3 Å². The first-order chi connectivity index (χ1) is 6.60. The Morgan fingerprint density at radius 3 is 2.14 bits per heavy atom. The summed E-state index contributed by atoms with van der Waals surface area (Å²) in [5.74, 6) is 1.12. The van der Waals surface area contributed by atoms with Crippen LogP contribution >= 0.6 is 11.6 Å². The van der Waals surface area contributed by atoms with Gasteiger partial charge in [0.25, 0.3) is 0 Å². The Kier molecular flexibility index (Phi) is 3.61. The molecule has 0 aliphatic heterocycles. The number of hydrogen-bond donors (Lipinski definition) is 1. The third-order valence-corrected chi connectivity index (χ3v) is 2.28. The summed E-state index contributed by atoms with van der Waals surface area (Å²) in [7, 11) is 3.08. The molecular weight excluding hydrogens is 204 g/mol. The van der Waals surface area contributed by atoms with Gasteiger partial charge < -0.3 is 14.6 Å². The normalized spacial score (nSPS) is 12.4. The van der Waals surface area contributed by atoms with E-state index in [0.29, 0.717) is 22.1 Å². The molecule has 0 amide bonds. The molecule has 0 aliphatic carbocycles. The molecule has 1 aromatic carbocycles. The van der Waals surface area contributed by atoms with E-state index in [-0.39, 0.29) is 0 Å². The van der Waals surface area contributed by atoms with Gasteiger partial charge in [0.2, 0.25) is 0 Å². The third kappa shape index (κ3) is 2.11. The van der Waals surface area contributed by atoms with Gasteiger partial charge in [0.05, 0.1) is 25.3 Å². The van der Waals surface area contributed by atoms with Gasteiger partial charge in [0.15, 0.2) is 11.5 Å². The zero-order valence-corrected chi connectivity index (χ0v) is 9.13. The molecule has 4 heteroatoms. The highest BCUT2D eigenvalue weighted by molar-refractivity contribution is 6.31. The van der Waals surface area contributed by atoms with Crippen molar-refractivity contribution in [3.63, 3.8) is 0 Å². The quantitative estimate of drug-likeness (QED) is 0.844. The van der Waals surface area contributed by atoms with Crippen LogP contribution in [0.1, 0.15) is 18.6 Å². The van der Waals surface area contributed by atoms with E-state index < -0.39 is 6.10 Å². The lowest BCUT2D eigenvalue weighted by atomic mass is 10.1. The number of rotatable bonds is 3. The summed E-state index contributed by atoms with van der Waals surface area (Å²) < 4.78 is 10.1. The van der Waals surface area contributed by atoms with Crippen molar-refractivity contribution in [2.75, 3.05) is 14.2 Å². The molecule has 0 radical (unpaired) electrons. The van der Waals surface area contributed by atoms with Crippen LogP contribution in [0.5, 0.6) is 11.5 Å². The summed E-state index contributed by atoms with van der Waals surface area (Å²) in [4.78, 5) is 0. The Labute approximate surface area is 88.2 Å². The molecule has 3 nitrogen and oxygen atoms in total. The minimum absolute atomic E-state index is 0.470. The lowest BCUT2D eigenvalue weighted by molar-refractivity contribution is 0.198. The lowest BCUT2D eigenvalue weighted by Gasteiger charge is -2.12. The first-order valence-corrected chi connectivity index (χ1v) is 4.57. The molecule has 1 aromatic rings. The molecule has 0 heterocycles. The first kappa shape index (κ1) is 11.1. The third-order valence-electron chi connectivity index (χ3n) is 1.95. The van der Waals surface area contributed by atoms with E-state index in [2.05, 4.69) is 0 Å². The van der Waals surface area contributed by atoms with E-state index in [1.165, 1.54) is 14.2 Å². The Balaban J connectivity index is 3.23. The monoisotopic (exact) mass is 216 g/mol. The number of halogens is 1. The molecule has 1 N–H and O–H groups in total. The van der Waals surface area contributed by atoms with Crippen molar-refractivity contribution < 1.29 is 14.6 Å². The number of benzene rings is 1. The van der Waals surface area contributed by atoms with E-state index in [0.717, 1.165) is 0 Å². The van der Waals surface area contributed by atoms with Crippen molar-refractivity contribution in [2.24, 2.45) is 0 Å². The van der Waals surface area contributed by atoms with Gasteiger partial charge in [-0.15, -0.1) is 0 Å². The highest BCUT2D eigenvalue weighted by Gasteiger charge is 2.12. The summed E-state index contributed by atoms with van der Waals surface area (Å²) >= 11 is 5.94. The van der Waals surface area contributed by atoms with Gasteiger partial charge in [-0.1, -0.05) is 11.6 Å². The summed E-state index contributed by atoms with van der Waals surface area (Å²) in [5, 5.41) is 9.88. The van der Waals surface area contributed by atoms with Crippen molar-refractivity contribution in [2.45, 2.75) is 13.0 Å². The van der Waals surface area contributed by atoms with E-state index >= 15 is 0 Å². The molecule has 78 valence electrons. The second-order valence-electron chi connectivity index (χ2n) is 2.90. The molecule has 1 unspecified atom stereocenters. The summed E-state index contributed by atoms with van der Waals surface area (Å²) in [6, 6.07) is 3.30. The number of ether oxygens (including phenoxy) is 2. The zero-order valence-electron chi connectivity index (χ0n) is 8.37. The van der Waals surface area contributed by atoms with Crippen molar-refractivity contribution in [3.05, 3.63) is 22.7 Å². The van der Waals surface area contributed by atoms with Gasteiger partial charge in [0.1, 0.15) is 0 Å². The van der Waals surface area contributed by atoms with Crippen LogP contribution in [0.15, 0.2) is 12.1 Å². The summed E-state index contributed by atoms with van der Waals surface area (Å²) in [5.41, 5.74) is 0.629. The maximum absolute atomic E-state index is 9.41. The fraction of sp³-hybridized carbons (Fsp3) is 0.400. The number of aliphatic hydroxyl groups is 1. The SMILES string of the molecule is COc1cc(Cl)c(C(C)O)cc1OC. The minimum Gasteiger partial charge on any atom is -0.493 e. The second kappa shape index (κ2) is 4.53. The zero-order chi connectivity index (χ0) is 10.7. The lowest BCUT2D eigenvalue weighted by Crippen LogP contribution is -1.96. The van der Waals surface area contributed by atoms with Gasteiger partial charge >= 0.3 is 0 Å². The van der Waals surface area contributed by atoms with Gasteiger partial charge in [-0.3, -0.25) is 0 Å². The van der Waals surface area contributed by atoms with Crippen molar-refractivity contribution in [1.29, 1.82) is 0 Å². The molecule has 0 aliphatic rings. The molecule has 0 saturated carbocycles. The molecule has 0 saturated heterocycles. The van der Waals surface area contributed by atoms with E-state index in [1.54, 1.807) is 19.1 Å². The topological polar surface area (TPSA) is 38.7 Å². The average Bonchev–Trinajstić information content (AvgIpc) is 2.16. The van der Waals surface area contributed by atoms with E-state index in [1.807, 2.05) is 0 Å². The number of hydrogen-bond acceptors (Lipinski definition) is 3. The van der Waals surface area contributed by atoms with Crippen LogP contribution in [0.2, 0.25) is 5.02 Å². The molecule has 1 atom stereocenters. The Hall–Kier alpha value is -0.930. The van der Waals surface area contributed by atoms with E-state index in [9.17, 15) is 5.11 Å². The van der Waals surface area contributed by atoms with Crippen LogP contribution in [-0.2, 0) is 0 Å². The van der Waals surface area contributed by atoms with Crippen molar-refractivity contribution >= 4 is 11.6 Å². The first-order valence-electron chi connectivity index (χ1n) is 4.19. The predicted octanol–water partition coefficient (Wildman–Crippen LogP) is 2.41. The molecule has 0 fully saturated rings. The standard InChI is InChI=1S/C10H13ClO3/c1-6(12)7-4-9(13-2)10(14-3)5-8(7)11/h4-6,12H,1-3H3. The Bertz CT molecular complexity index is 323. The summed E-state index contributed by atoms with van der Waals surface area (Å²) in [6.45, 7) is 1.65. The fourth-order valence-corrected chi connectivity index (χ4v) is 1.50. The van der Waals surface area contributed by atoms with Crippen molar-refractivity contribution in [3.8, 4) is 11.5 Å². The largest absolute Gasteiger partial charge is 0.493 e. The number of aliphatic hydroxyl groups excluding tert-OH is 1. The predicted molar refractivity (Wildman–Crippen MR) is 55.2 cm³/mol. The van der Waals surface area contributed by atoms with Gasteiger partial charge in [-0.05, 0) is 13.0 Å². The fourth-order valence-electron chi connectivity index (χ4n) is 1.19. The highest BCUT2D eigenvalue weighted by Crippen LogP contribution is 2.35. The molecule has 0 aromatic heterocycles. The van der Waals surface area contributed by atoms with Gasteiger partial charge in [-0.2, -0.15) is 0 Å². The molecule has 0 spiro atoms. The molecule has 1 rings (SSSR count). The van der Waals surface area contributed by atoms with Crippen LogP contribution in [0.25, 0.3) is 0 Å². The second-order valence-corrected chi connectivity index (χ2v) is 3.31. The van der Waals surface area contributed by atoms with Gasteiger partial charge in [0, 0.05) is 11.6 Å². The maximum Gasteiger partial charge on any atom is 0.162 e.